The van der Waals surface area contributed by atoms with E-state index in [4.69, 9.17) is 10.4 Å². The second-order valence-corrected chi connectivity index (χ2v) is 7.45. The van der Waals surface area contributed by atoms with Crippen LogP contribution in [0.3, 0.4) is 0 Å². The molecule has 1 unspecified atom stereocenters. The molecule has 0 aliphatic rings. The summed E-state index contributed by atoms with van der Waals surface area (Å²) in [5.74, 6) is -1.76. The van der Waals surface area contributed by atoms with E-state index in [2.05, 4.69) is 5.32 Å². The van der Waals surface area contributed by atoms with Crippen molar-refractivity contribution in [1.82, 2.24) is 0 Å². The second kappa shape index (κ2) is 9.57. The van der Waals surface area contributed by atoms with E-state index in [-0.39, 0.29) is 13.2 Å². The van der Waals surface area contributed by atoms with E-state index in [0.29, 0.717) is 5.69 Å². The third-order valence-electron chi connectivity index (χ3n) is 3.45. The van der Waals surface area contributed by atoms with E-state index in [0.717, 1.165) is 11.1 Å². The first kappa shape index (κ1) is 17.9. The van der Waals surface area contributed by atoms with Gasteiger partial charge in [0.15, 0.2) is 0 Å². The molecule has 0 spiro atoms. The van der Waals surface area contributed by atoms with Crippen molar-refractivity contribution >= 4 is 19.4 Å². The molecule has 0 aliphatic heterocycles. The van der Waals surface area contributed by atoms with Gasteiger partial charge in [-0.3, -0.25) is 4.57 Å². The fourth-order valence-electron chi connectivity index (χ4n) is 2.24. The number of para-hydroxylation sites is 1. The number of hydrogen-bond donors (Lipinski definition) is 1. The van der Waals surface area contributed by atoms with Crippen LogP contribution in [0.25, 0.3) is 6.08 Å². The van der Waals surface area contributed by atoms with E-state index < -0.39 is 13.4 Å². The lowest BCUT2D eigenvalue weighted by atomic mass is 10.1. The van der Waals surface area contributed by atoms with E-state index >= 15 is 0 Å². The SMILES string of the molecule is [2H]C(/C=C/c1ccc(C)cc1)(Nc1ccccc1)P(=O)(OCC)OCC. The Labute approximate surface area is 151 Å². The highest BCUT2D eigenvalue weighted by atomic mass is 31.2. The first-order valence-corrected chi connectivity index (χ1v) is 9.95. The number of nitrogens with one attached hydrogen (secondary N) is 1. The van der Waals surface area contributed by atoms with Crippen LogP contribution in [-0.2, 0) is 13.6 Å². The van der Waals surface area contributed by atoms with Crippen LogP contribution in [0.1, 0.15) is 26.3 Å². The molecule has 2 aromatic rings. The van der Waals surface area contributed by atoms with Gasteiger partial charge in [-0.1, -0.05) is 54.1 Å². The van der Waals surface area contributed by atoms with Crippen LogP contribution >= 0.6 is 7.60 Å². The number of rotatable bonds is 9. The molecule has 0 amide bonds. The van der Waals surface area contributed by atoms with Gasteiger partial charge in [-0.15, -0.1) is 0 Å². The van der Waals surface area contributed by atoms with E-state index in [9.17, 15) is 4.57 Å². The molecule has 1 atom stereocenters. The van der Waals surface area contributed by atoms with Gasteiger partial charge in [0.2, 0.25) is 0 Å². The molecule has 1 N–H and O–H groups in total. The average molecular weight is 360 g/mol. The third-order valence-corrected chi connectivity index (χ3v) is 5.50. The predicted molar refractivity (Wildman–Crippen MR) is 105 cm³/mol. The molecule has 2 aromatic carbocycles. The van der Waals surface area contributed by atoms with Crippen LogP contribution in [0.15, 0.2) is 60.7 Å². The molecular formula is C20H26NO3P. The van der Waals surface area contributed by atoms with Crippen molar-refractivity contribution in [3.63, 3.8) is 0 Å². The molecular weight excluding hydrogens is 333 g/mol. The zero-order valence-corrected chi connectivity index (χ0v) is 15.8. The summed E-state index contributed by atoms with van der Waals surface area (Å²) in [4.78, 5) is 0. The van der Waals surface area contributed by atoms with Crippen LogP contribution in [0, 0.1) is 6.92 Å². The number of hydrogen-bond acceptors (Lipinski definition) is 4. The molecule has 0 fully saturated rings. The highest BCUT2D eigenvalue weighted by Gasteiger charge is 2.33. The molecule has 2 rings (SSSR count). The van der Waals surface area contributed by atoms with Gasteiger partial charge in [0.25, 0.3) is 0 Å². The topological polar surface area (TPSA) is 47.6 Å². The van der Waals surface area contributed by atoms with E-state index in [1.165, 1.54) is 6.08 Å². The summed E-state index contributed by atoms with van der Waals surface area (Å²) >= 11 is 0. The van der Waals surface area contributed by atoms with Crippen molar-refractivity contribution in [2.75, 3.05) is 18.5 Å². The van der Waals surface area contributed by atoms with Gasteiger partial charge in [-0.25, -0.2) is 0 Å². The summed E-state index contributed by atoms with van der Waals surface area (Å²) in [5, 5.41) is 3.01. The molecule has 0 aromatic heterocycles. The summed E-state index contributed by atoms with van der Waals surface area (Å²) in [7, 11) is -3.78. The summed E-state index contributed by atoms with van der Waals surface area (Å²) in [6.07, 6.45) is 3.30. The molecule has 0 radical (unpaired) electrons. The van der Waals surface area contributed by atoms with Crippen molar-refractivity contribution in [2.24, 2.45) is 0 Å². The first-order chi connectivity index (χ1) is 12.4. The normalized spacial score (nSPS) is 14.9. The molecule has 134 valence electrons. The summed E-state index contributed by atoms with van der Waals surface area (Å²) < 4.78 is 33.2. The van der Waals surface area contributed by atoms with Crippen molar-refractivity contribution in [3.05, 3.63) is 71.8 Å². The highest BCUT2D eigenvalue weighted by molar-refractivity contribution is 7.55. The van der Waals surface area contributed by atoms with Crippen LogP contribution in [-0.4, -0.2) is 19.0 Å². The summed E-state index contributed by atoms with van der Waals surface area (Å²) in [6.45, 7) is 5.85. The number of anilines is 1. The van der Waals surface area contributed by atoms with Crippen LogP contribution in [0.2, 0.25) is 0 Å². The third kappa shape index (κ3) is 5.86. The quantitative estimate of drug-likeness (QED) is 0.582. The lowest BCUT2D eigenvalue weighted by molar-refractivity contribution is 0.217. The Hall–Kier alpha value is -1.87. The van der Waals surface area contributed by atoms with Gasteiger partial charge in [0, 0.05) is 5.69 Å². The Bertz CT molecular complexity index is 754. The Balaban J connectivity index is 2.42. The highest BCUT2D eigenvalue weighted by Crippen LogP contribution is 2.53. The van der Waals surface area contributed by atoms with Gasteiger partial charge in [0.1, 0.15) is 5.76 Å². The lowest BCUT2D eigenvalue weighted by Crippen LogP contribution is -2.20. The van der Waals surface area contributed by atoms with Crippen molar-refractivity contribution in [2.45, 2.75) is 26.5 Å². The largest absolute Gasteiger partial charge is 0.368 e. The molecule has 0 saturated heterocycles. The molecule has 0 aliphatic carbocycles. The zero-order valence-electron chi connectivity index (χ0n) is 15.9. The van der Waals surface area contributed by atoms with Crippen molar-refractivity contribution in [3.8, 4) is 0 Å². The molecule has 0 heterocycles. The van der Waals surface area contributed by atoms with Crippen LogP contribution in [0.5, 0.6) is 0 Å². The van der Waals surface area contributed by atoms with E-state index in [1.807, 2.05) is 61.5 Å². The minimum Gasteiger partial charge on any atom is -0.368 e. The zero-order chi connectivity index (χ0) is 19.0. The molecule has 5 heteroatoms. The molecule has 0 bridgehead atoms. The fraction of sp³-hybridized carbons (Fsp3) is 0.300. The Kier molecular flexibility index (Phi) is 6.87. The van der Waals surface area contributed by atoms with Crippen molar-refractivity contribution in [1.29, 1.82) is 0 Å². The molecule has 4 nitrogen and oxygen atoms in total. The second-order valence-electron chi connectivity index (χ2n) is 5.45. The maximum absolute atomic E-state index is 13.4. The van der Waals surface area contributed by atoms with Gasteiger partial charge in [-0.2, -0.15) is 0 Å². The van der Waals surface area contributed by atoms with Crippen LogP contribution < -0.4 is 5.32 Å². The van der Waals surface area contributed by atoms with Gasteiger partial charge < -0.3 is 14.4 Å². The van der Waals surface area contributed by atoms with Gasteiger partial charge >= 0.3 is 7.60 Å². The van der Waals surface area contributed by atoms with Crippen molar-refractivity contribution < 1.29 is 15.0 Å². The number of benzene rings is 2. The lowest BCUT2D eigenvalue weighted by Gasteiger charge is -2.25. The monoisotopic (exact) mass is 360 g/mol. The number of aryl methyl sites for hydroxylation is 1. The van der Waals surface area contributed by atoms with Gasteiger partial charge in [-0.05, 0) is 44.5 Å². The molecule has 0 saturated carbocycles. The molecule has 25 heavy (non-hydrogen) atoms. The smallest absolute Gasteiger partial charge is 0.356 e. The summed E-state index contributed by atoms with van der Waals surface area (Å²) in [6, 6.07) is 17.1. The Morgan fingerprint density at radius 3 is 2.24 bits per heavy atom. The van der Waals surface area contributed by atoms with E-state index in [1.54, 1.807) is 19.9 Å². The maximum Gasteiger partial charge on any atom is 0.356 e. The average Bonchev–Trinajstić information content (AvgIpc) is 2.62. The minimum absolute atomic E-state index is 0.187. The predicted octanol–water partition coefficient (Wildman–Crippen LogP) is 5.71. The Morgan fingerprint density at radius 2 is 1.68 bits per heavy atom. The summed E-state index contributed by atoms with van der Waals surface area (Å²) in [5.41, 5.74) is 2.72. The Morgan fingerprint density at radius 1 is 1.08 bits per heavy atom. The fourth-order valence-corrected chi connectivity index (χ4v) is 3.80. The van der Waals surface area contributed by atoms with Crippen LogP contribution in [0.4, 0.5) is 5.69 Å². The van der Waals surface area contributed by atoms with Gasteiger partial charge in [0.05, 0.1) is 14.6 Å². The minimum atomic E-state index is -3.78. The maximum atomic E-state index is 13.4. The standard InChI is InChI=1S/C20H26NO3P/c1-4-23-25(22,24-5-2)20(21-19-9-7-6-8-10-19)16-15-18-13-11-17(3)12-14-18/h6-16,20-21H,4-5H2,1-3H3/b16-15+/i20D. The first-order valence-electron chi connectivity index (χ1n) is 8.91.